The minimum atomic E-state index is -0.690. The zero-order valence-corrected chi connectivity index (χ0v) is 27.6. The number of aliphatic hydroxyl groups excluding tert-OH is 4. The van der Waals surface area contributed by atoms with Crippen molar-refractivity contribution in [1.82, 2.24) is 0 Å². The van der Waals surface area contributed by atoms with Gasteiger partial charge in [0.05, 0.1) is 0 Å². The van der Waals surface area contributed by atoms with E-state index in [1.165, 1.54) is 0 Å². The van der Waals surface area contributed by atoms with Gasteiger partial charge in [-0.1, -0.05) is 117 Å². The van der Waals surface area contributed by atoms with E-state index < -0.39 is 12.2 Å². The van der Waals surface area contributed by atoms with Crippen molar-refractivity contribution in [2.24, 2.45) is 21.7 Å². The lowest BCUT2D eigenvalue weighted by Crippen LogP contribution is -2.26. The summed E-state index contributed by atoms with van der Waals surface area (Å²) in [5.41, 5.74) is 5.35. The minimum absolute atomic E-state index is 0.0749. The van der Waals surface area contributed by atoms with Gasteiger partial charge in [-0.2, -0.15) is 0 Å². The van der Waals surface area contributed by atoms with Gasteiger partial charge in [-0.3, -0.25) is 0 Å². The number of allylic oxidation sites excluding steroid dienone is 4. The second-order valence-corrected chi connectivity index (χ2v) is 15.7. The van der Waals surface area contributed by atoms with Crippen LogP contribution in [0.25, 0.3) is 11.1 Å². The predicted molar refractivity (Wildman–Crippen MR) is 177 cm³/mol. The lowest BCUT2D eigenvalue weighted by atomic mass is 9.73. The van der Waals surface area contributed by atoms with Crippen molar-refractivity contribution in [3.05, 3.63) is 70.8 Å². The predicted octanol–water partition coefficient (Wildman–Crippen LogP) is 8.27. The first-order valence-electron chi connectivity index (χ1n) is 16.1. The molecule has 4 nitrogen and oxygen atoms in total. The summed E-state index contributed by atoms with van der Waals surface area (Å²) < 4.78 is 0. The van der Waals surface area contributed by atoms with Crippen LogP contribution in [0.2, 0.25) is 0 Å². The fraction of sp³-hybridized carbons (Fsp3) is 0.632. The van der Waals surface area contributed by atoms with Crippen molar-refractivity contribution in [2.75, 3.05) is 13.2 Å². The van der Waals surface area contributed by atoms with E-state index in [0.717, 1.165) is 84.8 Å². The van der Waals surface area contributed by atoms with E-state index in [2.05, 4.69) is 91.8 Å². The van der Waals surface area contributed by atoms with Crippen LogP contribution < -0.4 is 0 Å². The Morgan fingerprint density at radius 3 is 1.29 bits per heavy atom. The highest BCUT2D eigenvalue weighted by Gasteiger charge is 2.33. The summed E-state index contributed by atoms with van der Waals surface area (Å²) in [6.07, 6.45) is 15.0. The molecular weight excluding hydrogens is 520 g/mol. The Hall–Kier alpha value is -1.98. The third-order valence-electron chi connectivity index (χ3n) is 9.00. The van der Waals surface area contributed by atoms with Gasteiger partial charge in [0.1, 0.15) is 12.2 Å². The molecule has 2 aliphatic rings. The molecule has 4 heteroatoms. The lowest BCUT2D eigenvalue weighted by molar-refractivity contribution is 0.147. The number of hydrogen-bond donors (Lipinski definition) is 4. The molecule has 0 radical (unpaired) electrons. The van der Waals surface area contributed by atoms with Crippen LogP contribution in [-0.4, -0.2) is 45.8 Å². The van der Waals surface area contributed by atoms with E-state index in [9.17, 15) is 20.4 Å². The molecule has 0 heterocycles. The SMILES string of the molecule is CC1(C)C=C(CCCCC(C)(C)CO)C(O)C(c2ccccc2C2=CC(C)(C)C=C(CCCCC(C)(C)CO)C2O)=C1. The van der Waals surface area contributed by atoms with Crippen LogP contribution in [-0.2, 0) is 0 Å². The lowest BCUT2D eigenvalue weighted by Gasteiger charge is -2.34. The van der Waals surface area contributed by atoms with Gasteiger partial charge >= 0.3 is 0 Å². The summed E-state index contributed by atoms with van der Waals surface area (Å²) >= 11 is 0. The van der Waals surface area contributed by atoms with Crippen molar-refractivity contribution in [3.8, 4) is 0 Å². The standard InChI is InChI=1S/C38H58O4/c1-35(2,25-39)19-13-11-15-27-21-37(5,6)23-31(33(27)41)29-17-9-10-18-30(29)32-24-38(7,8)22-28(34(32)42)16-12-14-20-36(3,4)26-40/h9-10,17-18,21-24,33-34,39-42H,11-16,19-20,25-26H2,1-8H3. The van der Waals surface area contributed by atoms with Gasteiger partial charge in [-0.05, 0) is 82.8 Å². The maximum absolute atomic E-state index is 11.7. The average Bonchev–Trinajstić information content (AvgIpc) is 2.92. The smallest absolute Gasteiger partial charge is 0.100 e. The van der Waals surface area contributed by atoms with E-state index >= 15 is 0 Å². The average molecular weight is 579 g/mol. The molecule has 3 rings (SSSR count). The molecule has 4 N–H and O–H groups in total. The monoisotopic (exact) mass is 578 g/mol. The Morgan fingerprint density at radius 2 is 0.952 bits per heavy atom. The third kappa shape index (κ3) is 9.26. The first-order valence-corrected chi connectivity index (χ1v) is 16.1. The minimum Gasteiger partial charge on any atom is -0.396 e. The molecule has 0 saturated carbocycles. The Morgan fingerprint density at radius 1 is 0.595 bits per heavy atom. The Balaban J connectivity index is 1.84. The summed E-state index contributed by atoms with van der Waals surface area (Å²) in [5, 5.41) is 42.6. The van der Waals surface area contributed by atoms with Crippen LogP contribution in [0, 0.1) is 21.7 Å². The van der Waals surface area contributed by atoms with Crippen LogP contribution in [0.4, 0.5) is 0 Å². The summed E-state index contributed by atoms with van der Waals surface area (Å²) in [5.74, 6) is 0. The van der Waals surface area contributed by atoms with Crippen molar-refractivity contribution < 1.29 is 20.4 Å². The Kier molecular flexibility index (Phi) is 11.3. The van der Waals surface area contributed by atoms with Crippen molar-refractivity contribution in [3.63, 3.8) is 0 Å². The fourth-order valence-electron chi connectivity index (χ4n) is 6.43. The Labute approximate surface area is 256 Å². The van der Waals surface area contributed by atoms with Gasteiger partial charge < -0.3 is 20.4 Å². The highest BCUT2D eigenvalue weighted by atomic mass is 16.3. The Bertz CT molecular complexity index is 1100. The maximum Gasteiger partial charge on any atom is 0.100 e. The first-order chi connectivity index (χ1) is 19.5. The van der Waals surface area contributed by atoms with Gasteiger partial charge in [0.15, 0.2) is 0 Å². The molecule has 0 saturated heterocycles. The first kappa shape index (κ1) is 34.5. The topological polar surface area (TPSA) is 80.9 Å². The van der Waals surface area contributed by atoms with Crippen LogP contribution in [0.15, 0.2) is 59.7 Å². The molecule has 2 unspecified atom stereocenters. The zero-order chi connectivity index (χ0) is 31.3. The molecular formula is C38H58O4. The van der Waals surface area contributed by atoms with Crippen molar-refractivity contribution in [1.29, 1.82) is 0 Å². The molecule has 1 aromatic carbocycles. The second kappa shape index (κ2) is 13.8. The van der Waals surface area contributed by atoms with Crippen molar-refractivity contribution in [2.45, 2.75) is 119 Å². The molecule has 1 aromatic rings. The number of rotatable bonds is 14. The van der Waals surface area contributed by atoms with E-state index in [-0.39, 0.29) is 34.9 Å². The van der Waals surface area contributed by atoms with Crippen molar-refractivity contribution >= 4 is 11.1 Å². The summed E-state index contributed by atoms with van der Waals surface area (Å²) in [4.78, 5) is 0. The molecule has 2 atom stereocenters. The van der Waals surface area contributed by atoms with Crippen LogP contribution in [0.5, 0.6) is 0 Å². The quantitative estimate of drug-likeness (QED) is 0.132. The summed E-state index contributed by atoms with van der Waals surface area (Å²) in [6, 6.07) is 8.22. The molecule has 0 spiro atoms. The van der Waals surface area contributed by atoms with Gasteiger partial charge in [0.2, 0.25) is 0 Å². The van der Waals surface area contributed by atoms with Crippen LogP contribution >= 0.6 is 0 Å². The van der Waals surface area contributed by atoms with E-state index in [0.29, 0.717) is 0 Å². The maximum atomic E-state index is 11.7. The highest BCUT2D eigenvalue weighted by molar-refractivity contribution is 5.86. The molecule has 0 fully saturated rings. The normalized spacial score (nSPS) is 22.3. The highest BCUT2D eigenvalue weighted by Crippen LogP contribution is 2.44. The second-order valence-electron chi connectivity index (χ2n) is 15.7. The molecule has 0 aliphatic heterocycles. The van der Waals surface area contributed by atoms with Gasteiger partial charge in [0, 0.05) is 24.0 Å². The van der Waals surface area contributed by atoms with E-state index in [1.807, 2.05) is 12.1 Å². The number of benzene rings is 1. The number of hydrogen-bond acceptors (Lipinski definition) is 4. The van der Waals surface area contributed by atoms with Crippen LogP contribution in [0.3, 0.4) is 0 Å². The van der Waals surface area contributed by atoms with E-state index in [4.69, 9.17) is 0 Å². The van der Waals surface area contributed by atoms with Gasteiger partial charge in [-0.15, -0.1) is 0 Å². The summed E-state index contributed by atoms with van der Waals surface area (Å²) in [6.45, 7) is 17.5. The van der Waals surface area contributed by atoms with Gasteiger partial charge in [0.25, 0.3) is 0 Å². The fourth-order valence-corrected chi connectivity index (χ4v) is 6.43. The molecule has 0 bridgehead atoms. The molecule has 0 aromatic heterocycles. The number of unbranched alkanes of at least 4 members (excludes halogenated alkanes) is 2. The molecule has 42 heavy (non-hydrogen) atoms. The van der Waals surface area contributed by atoms with Crippen LogP contribution in [0.1, 0.15) is 118 Å². The molecule has 0 amide bonds. The third-order valence-corrected chi connectivity index (χ3v) is 9.00. The zero-order valence-electron chi connectivity index (χ0n) is 27.6. The van der Waals surface area contributed by atoms with E-state index in [1.54, 1.807) is 0 Å². The molecule has 234 valence electrons. The largest absolute Gasteiger partial charge is 0.396 e. The molecule has 2 aliphatic carbocycles. The summed E-state index contributed by atoms with van der Waals surface area (Å²) in [7, 11) is 0. The number of aliphatic hydroxyl groups is 4. The van der Waals surface area contributed by atoms with Gasteiger partial charge in [-0.25, -0.2) is 0 Å².